The van der Waals surface area contributed by atoms with Crippen LogP contribution in [0.4, 0.5) is 17.6 Å². The molecule has 20 heavy (non-hydrogen) atoms. The van der Waals surface area contributed by atoms with Gasteiger partial charge in [0.15, 0.2) is 0 Å². The van der Waals surface area contributed by atoms with Gasteiger partial charge >= 0.3 is 6.01 Å². The van der Waals surface area contributed by atoms with Crippen LogP contribution in [0.3, 0.4) is 0 Å². The molecule has 1 heterocycles. The van der Waals surface area contributed by atoms with E-state index in [2.05, 4.69) is 25.7 Å². The van der Waals surface area contributed by atoms with Crippen molar-refractivity contribution in [1.82, 2.24) is 15.0 Å². The Morgan fingerprint density at radius 3 is 2.45 bits per heavy atom. The zero-order valence-corrected chi connectivity index (χ0v) is 11.6. The van der Waals surface area contributed by atoms with Gasteiger partial charge in [-0.25, -0.2) is 5.84 Å². The molecule has 2 aromatic rings. The van der Waals surface area contributed by atoms with Gasteiger partial charge < -0.3 is 10.1 Å². The third-order valence-electron chi connectivity index (χ3n) is 2.49. The zero-order valence-electron chi connectivity index (χ0n) is 11.6. The molecule has 0 aliphatic carbocycles. The molecule has 1 aromatic carbocycles. The van der Waals surface area contributed by atoms with Crippen molar-refractivity contribution >= 4 is 17.6 Å². The van der Waals surface area contributed by atoms with E-state index >= 15 is 0 Å². The maximum atomic E-state index is 5.40. The van der Waals surface area contributed by atoms with Gasteiger partial charge in [-0.05, 0) is 25.5 Å². The lowest BCUT2D eigenvalue weighted by Gasteiger charge is -2.09. The molecule has 0 saturated heterocycles. The van der Waals surface area contributed by atoms with E-state index in [9.17, 15) is 0 Å². The number of anilines is 3. The molecule has 0 spiro atoms. The molecular formula is C13H18N6O. The van der Waals surface area contributed by atoms with Crippen LogP contribution in [-0.4, -0.2) is 21.6 Å². The van der Waals surface area contributed by atoms with Gasteiger partial charge in [-0.1, -0.05) is 24.6 Å². The van der Waals surface area contributed by atoms with Crippen LogP contribution in [0.5, 0.6) is 6.01 Å². The number of rotatable bonds is 6. The molecule has 0 unspecified atom stereocenters. The minimum absolute atomic E-state index is 0.240. The maximum Gasteiger partial charge on any atom is 0.323 e. The minimum atomic E-state index is 0.240. The first kappa shape index (κ1) is 14.0. The number of hydrogen-bond donors (Lipinski definition) is 3. The molecule has 2 rings (SSSR count). The van der Waals surface area contributed by atoms with Crippen molar-refractivity contribution < 1.29 is 4.74 Å². The number of hydrogen-bond acceptors (Lipinski definition) is 7. The number of nitrogens with one attached hydrogen (secondary N) is 2. The number of nitrogen functional groups attached to an aromatic ring is 1. The van der Waals surface area contributed by atoms with Gasteiger partial charge in [0.25, 0.3) is 0 Å². The Morgan fingerprint density at radius 2 is 1.80 bits per heavy atom. The SMILES string of the molecule is CCCOc1nc(NN)nc(Nc2ccc(C)cc2)n1. The van der Waals surface area contributed by atoms with E-state index in [4.69, 9.17) is 10.6 Å². The number of aryl methyl sites for hydroxylation is 1. The summed E-state index contributed by atoms with van der Waals surface area (Å²) in [6.45, 7) is 4.58. The number of aromatic nitrogens is 3. The second-order valence-electron chi connectivity index (χ2n) is 4.25. The lowest BCUT2D eigenvalue weighted by atomic mass is 10.2. The van der Waals surface area contributed by atoms with Crippen LogP contribution in [0.1, 0.15) is 18.9 Å². The molecular weight excluding hydrogens is 256 g/mol. The van der Waals surface area contributed by atoms with Crippen LogP contribution in [0, 0.1) is 6.92 Å². The summed E-state index contributed by atoms with van der Waals surface area (Å²) < 4.78 is 5.40. The highest BCUT2D eigenvalue weighted by atomic mass is 16.5. The lowest BCUT2D eigenvalue weighted by Crippen LogP contribution is -2.13. The maximum absolute atomic E-state index is 5.40. The highest BCUT2D eigenvalue weighted by Crippen LogP contribution is 2.16. The van der Waals surface area contributed by atoms with Crippen molar-refractivity contribution in [1.29, 1.82) is 0 Å². The first-order valence-electron chi connectivity index (χ1n) is 6.40. The van der Waals surface area contributed by atoms with E-state index in [-0.39, 0.29) is 12.0 Å². The molecule has 1 aromatic heterocycles. The predicted octanol–water partition coefficient (Wildman–Crippen LogP) is 2.00. The summed E-state index contributed by atoms with van der Waals surface area (Å²) >= 11 is 0. The molecule has 0 bridgehead atoms. The Balaban J connectivity index is 2.19. The zero-order chi connectivity index (χ0) is 14.4. The van der Waals surface area contributed by atoms with E-state index in [0.717, 1.165) is 12.1 Å². The summed E-state index contributed by atoms with van der Waals surface area (Å²) in [6.07, 6.45) is 0.873. The van der Waals surface area contributed by atoms with Crippen LogP contribution in [0.25, 0.3) is 0 Å². The van der Waals surface area contributed by atoms with Crippen LogP contribution in [0.2, 0.25) is 0 Å². The van der Waals surface area contributed by atoms with E-state index in [1.54, 1.807) is 0 Å². The molecule has 0 aliphatic heterocycles. The Bertz CT molecular complexity index is 557. The van der Waals surface area contributed by atoms with E-state index in [1.165, 1.54) is 5.56 Å². The number of nitrogens with zero attached hydrogens (tertiary/aromatic N) is 3. The van der Waals surface area contributed by atoms with Crippen LogP contribution in [0.15, 0.2) is 24.3 Å². The van der Waals surface area contributed by atoms with Gasteiger partial charge in [0.05, 0.1) is 6.61 Å². The fraction of sp³-hybridized carbons (Fsp3) is 0.308. The third kappa shape index (κ3) is 3.79. The Labute approximate surface area is 117 Å². The number of ether oxygens (including phenoxy) is 1. The van der Waals surface area contributed by atoms with Crippen molar-refractivity contribution in [3.63, 3.8) is 0 Å². The quantitative estimate of drug-likeness (QED) is 0.547. The Morgan fingerprint density at radius 1 is 1.10 bits per heavy atom. The second-order valence-corrected chi connectivity index (χ2v) is 4.25. The van der Waals surface area contributed by atoms with Gasteiger partial charge in [0.2, 0.25) is 11.9 Å². The fourth-order valence-electron chi connectivity index (χ4n) is 1.50. The summed E-state index contributed by atoms with van der Waals surface area (Å²) in [6, 6.07) is 8.13. The van der Waals surface area contributed by atoms with Gasteiger partial charge in [-0.3, -0.25) is 5.43 Å². The fourth-order valence-corrected chi connectivity index (χ4v) is 1.50. The first-order chi connectivity index (χ1) is 9.71. The summed E-state index contributed by atoms with van der Waals surface area (Å²) in [5, 5.41) is 3.08. The molecule has 0 aliphatic rings. The van der Waals surface area contributed by atoms with E-state index < -0.39 is 0 Å². The Hall–Kier alpha value is -2.41. The highest BCUT2D eigenvalue weighted by molar-refractivity contribution is 5.54. The van der Waals surface area contributed by atoms with Crippen LogP contribution < -0.4 is 21.3 Å². The summed E-state index contributed by atoms with van der Waals surface area (Å²) in [5.74, 6) is 5.97. The molecule has 0 fully saturated rings. The molecule has 106 valence electrons. The molecule has 0 amide bonds. The molecule has 7 heteroatoms. The normalized spacial score (nSPS) is 10.2. The van der Waals surface area contributed by atoms with Gasteiger partial charge in [0, 0.05) is 5.69 Å². The predicted molar refractivity (Wildman–Crippen MR) is 77.9 cm³/mol. The van der Waals surface area contributed by atoms with Crippen LogP contribution in [-0.2, 0) is 0 Å². The largest absolute Gasteiger partial charge is 0.463 e. The molecule has 0 radical (unpaired) electrons. The second kappa shape index (κ2) is 6.67. The van der Waals surface area contributed by atoms with Gasteiger partial charge in [-0.15, -0.1) is 0 Å². The van der Waals surface area contributed by atoms with Crippen molar-refractivity contribution in [3.8, 4) is 6.01 Å². The summed E-state index contributed by atoms with van der Waals surface area (Å²) in [7, 11) is 0. The number of nitrogens with two attached hydrogens (primary N) is 1. The minimum Gasteiger partial charge on any atom is -0.463 e. The number of hydrazine groups is 1. The van der Waals surface area contributed by atoms with E-state index in [0.29, 0.717) is 12.6 Å². The standard InChI is InChI=1S/C13H18N6O/c1-3-8-20-13-17-11(16-12(18-13)19-14)15-10-6-4-9(2)5-7-10/h4-7H,3,8,14H2,1-2H3,(H2,15,16,17,18,19). The summed E-state index contributed by atoms with van der Waals surface area (Å²) in [5.41, 5.74) is 4.46. The molecule has 7 nitrogen and oxygen atoms in total. The van der Waals surface area contributed by atoms with Crippen molar-refractivity contribution in [2.75, 3.05) is 17.3 Å². The van der Waals surface area contributed by atoms with Crippen LogP contribution >= 0.6 is 0 Å². The molecule has 0 atom stereocenters. The van der Waals surface area contributed by atoms with Crippen molar-refractivity contribution in [2.45, 2.75) is 20.3 Å². The van der Waals surface area contributed by atoms with Crippen molar-refractivity contribution in [2.24, 2.45) is 5.84 Å². The van der Waals surface area contributed by atoms with Gasteiger partial charge in [-0.2, -0.15) is 15.0 Å². The molecule has 4 N–H and O–H groups in total. The first-order valence-corrected chi connectivity index (χ1v) is 6.40. The average Bonchev–Trinajstić information content (AvgIpc) is 2.47. The van der Waals surface area contributed by atoms with Crippen molar-refractivity contribution in [3.05, 3.63) is 29.8 Å². The monoisotopic (exact) mass is 274 g/mol. The topological polar surface area (TPSA) is 98.0 Å². The summed E-state index contributed by atoms with van der Waals surface area (Å²) in [4.78, 5) is 12.3. The smallest absolute Gasteiger partial charge is 0.323 e. The van der Waals surface area contributed by atoms with Gasteiger partial charge in [0.1, 0.15) is 0 Å². The van der Waals surface area contributed by atoms with E-state index in [1.807, 2.05) is 38.1 Å². The Kier molecular flexibility index (Phi) is 4.67. The third-order valence-corrected chi connectivity index (χ3v) is 2.49. The molecule has 0 saturated carbocycles. The lowest BCUT2D eigenvalue weighted by molar-refractivity contribution is 0.292. The average molecular weight is 274 g/mol. The highest BCUT2D eigenvalue weighted by Gasteiger charge is 2.07. The number of benzene rings is 1.